The van der Waals surface area contributed by atoms with E-state index in [9.17, 15) is 14.0 Å². The average Bonchev–Trinajstić information content (AvgIpc) is 2.47. The van der Waals surface area contributed by atoms with E-state index in [4.69, 9.17) is 4.74 Å². The summed E-state index contributed by atoms with van der Waals surface area (Å²) in [6.45, 7) is 3.85. The minimum absolute atomic E-state index is 0.103. The third-order valence-corrected chi connectivity index (χ3v) is 3.43. The summed E-state index contributed by atoms with van der Waals surface area (Å²) >= 11 is 0. The number of aryl methyl sites for hydroxylation is 1. The second-order valence-corrected chi connectivity index (χ2v) is 5.13. The van der Waals surface area contributed by atoms with E-state index in [2.05, 4.69) is 4.74 Å². The van der Waals surface area contributed by atoms with Crippen LogP contribution in [-0.4, -0.2) is 49.2 Å². The van der Waals surface area contributed by atoms with E-state index in [1.807, 2.05) is 0 Å². The standard InChI is InChI=1S/C15H18FNO4/c1-9-4-5-11(6-12(9)16)14(18)17-7-10(2)21-13(8-17)15(19)20-3/h4-6,10,13H,7-8H2,1-3H3/t10-,13?/m1/s1. The Labute approximate surface area is 122 Å². The van der Waals surface area contributed by atoms with Gasteiger partial charge in [-0.1, -0.05) is 6.07 Å². The van der Waals surface area contributed by atoms with E-state index < -0.39 is 17.9 Å². The first kappa shape index (κ1) is 15.4. The first-order chi connectivity index (χ1) is 9.92. The van der Waals surface area contributed by atoms with Gasteiger partial charge in [0, 0.05) is 12.1 Å². The molecule has 1 amide bonds. The largest absolute Gasteiger partial charge is 0.467 e. The predicted molar refractivity (Wildman–Crippen MR) is 73.4 cm³/mol. The van der Waals surface area contributed by atoms with Crippen molar-refractivity contribution in [1.29, 1.82) is 0 Å². The average molecular weight is 295 g/mol. The van der Waals surface area contributed by atoms with E-state index >= 15 is 0 Å². The maximum absolute atomic E-state index is 13.6. The first-order valence-electron chi connectivity index (χ1n) is 6.71. The van der Waals surface area contributed by atoms with Crippen LogP contribution in [0.4, 0.5) is 4.39 Å². The van der Waals surface area contributed by atoms with Crippen LogP contribution in [0.5, 0.6) is 0 Å². The van der Waals surface area contributed by atoms with E-state index in [1.165, 1.54) is 18.1 Å². The Hall–Kier alpha value is -1.95. The molecular weight excluding hydrogens is 277 g/mol. The number of morpholine rings is 1. The Bertz CT molecular complexity index is 561. The van der Waals surface area contributed by atoms with Gasteiger partial charge in [-0.3, -0.25) is 4.79 Å². The lowest BCUT2D eigenvalue weighted by Gasteiger charge is -2.35. The quantitative estimate of drug-likeness (QED) is 0.777. The van der Waals surface area contributed by atoms with Gasteiger partial charge in [-0.25, -0.2) is 9.18 Å². The zero-order valence-electron chi connectivity index (χ0n) is 12.3. The summed E-state index contributed by atoms with van der Waals surface area (Å²) in [7, 11) is 1.27. The summed E-state index contributed by atoms with van der Waals surface area (Å²) in [6, 6.07) is 4.35. The van der Waals surface area contributed by atoms with Gasteiger partial charge in [-0.2, -0.15) is 0 Å². The highest BCUT2D eigenvalue weighted by Gasteiger charge is 2.33. The molecule has 0 aromatic heterocycles. The minimum atomic E-state index is -0.807. The highest BCUT2D eigenvalue weighted by molar-refractivity contribution is 5.94. The molecule has 0 saturated carbocycles. The first-order valence-corrected chi connectivity index (χ1v) is 6.71. The summed E-state index contributed by atoms with van der Waals surface area (Å²) in [5.74, 6) is -1.26. The molecule has 21 heavy (non-hydrogen) atoms. The summed E-state index contributed by atoms with van der Waals surface area (Å²) in [4.78, 5) is 25.5. The molecule has 1 aromatic carbocycles. The van der Waals surface area contributed by atoms with Gasteiger partial charge in [0.05, 0.1) is 19.8 Å². The molecule has 0 spiro atoms. The molecular formula is C15H18FNO4. The van der Waals surface area contributed by atoms with E-state index in [0.29, 0.717) is 12.1 Å². The van der Waals surface area contributed by atoms with E-state index in [1.54, 1.807) is 26.0 Å². The lowest BCUT2D eigenvalue weighted by molar-refractivity contribution is -0.164. The van der Waals surface area contributed by atoms with Crippen LogP contribution in [-0.2, 0) is 14.3 Å². The van der Waals surface area contributed by atoms with Gasteiger partial charge in [0.1, 0.15) is 5.82 Å². The molecule has 0 radical (unpaired) electrons. The van der Waals surface area contributed by atoms with Crippen LogP contribution in [0.2, 0.25) is 0 Å². The van der Waals surface area contributed by atoms with Crippen LogP contribution >= 0.6 is 0 Å². The molecule has 1 aromatic rings. The van der Waals surface area contributed by atoms with Crippen LogP contribution in [0, 0.1) is 12.7 Å². The summed E-state index contributed by atoms with van der Waals surface area (Å²) in [6.07, 6.45) is -1.10. The van der Waals surface area contributed by atoms with Gasteiger partial charge in [0.15, 0.2) is 6.10 Å². The molecule has 6 heteroatoms. The van der Waals surface area contributed by atoms with Gasteiger partial charge in [0.25, 0.3) is 5.91 Å². The van der Waals surface area contributed by atoms with Crippen molar-refractivity contribution in [3.63, 3.8) is 0 Å². The molecule has 1 saturated heterocycles. The summed E-state index contributed by atoms with van der Waals surface area (Å²) in [5, 5.41) is 0. The second kappa shape index (κ2) is 6.22. The van der Waals surface area contributed by atoms with Crippen molar-refractivity contribution in [2.75, 3.05) is 20.2 Å². The van der Waals surface area contributed by atoms with Crippen molar-refractivity contribution in [1.82, 2.24) is 4.90 Å². The Kier molecular flexibility index (Phi) is 4.57. The smallest absolute Gasteiger partial charge is 0.336 e. The Morgan fingerprint density at radius 3 is 2.71 bits per heavy atom. The predicted octanol–water partition coefficient (Wildman–Crippen LogP) is 1.54. The van der Waals surface area contributed by atoms with Gasteiger partial charge in [-0.15, -0.1) is 0 Å². The number of methoxy groups -OCH3 is 1. The summed E-state index contributed by atoms with van der Waals surface area (Å²) < 4.78 is 23.7. The van der Waals surface area contributed by atoms with Crippen molar-refractivity contribution in [3.8, 4) is 0 Å². The number of esters is 1. The fourth-order valence-corrected chi connectivity index (χ4v) is 2.29. The third kappa shape index (κ3) is 3.39. The number of ether oxygens (including phenoxy) is 2. The number of hydrogen-bond acceptors (Lipinski definition) is 4. The fraction of sp³-hybridized carbons (Fsp3) is 0.467. The highest BCUT2D eigenvalue weighted by atomic mass is 19.1. The molecule has 1 heterocycles. The fourth-order valence-electron chi connectivity index (χ4n) is 2.29. The molecule has 5 nitrogen and oxygen atoms in total. The maximum atomic E-state index is 13.6. The number of carbonyl (C=O) groups is 2. The molecule has 0 bridgehead atoms. The van der Waals surface area contributed by atoms with Crippen LogP contribution < -0.4 is 0 Å². The van der Waals surface area contributed by atoms with Crippen molar-refractivity contribution < 1.29 is 23.5 Å². The maximum Gasteiger partial charge on any atom is 0.336 e. The SMILES string of the molecule is COC(=O)C1CN(C(=O)c2ccc(C)c(F)c2)C[C@@H](C)O1. The number of nitrogens with zero attached hydrogens (tertiary/aromatic N) is 1. The number of benzene rings is 1. The minimum Gasteiger partial charge on any atom is -0.467 e. The molecule has 0 aliphatic carbocycles. The number of carbonyl (C=O) groups excluding carboxylic acids is 2. The van der Waals surface area contributed by atoms with Gasteiger partial charge < -0.3 is 14.4 Å². The summed E-state index contributed by atoms with van der Waals surface area (Å²) in [5.41, 5.74) is 0.741. The Morgan fingerprint density at radius 2 is 2.10 bits per heavy atom. The van der Waals surface area contributed by atoms with Crippen molar-refractivity contribution in [2.45, 2.75) is 26.1 Å². The normalized spacial score (nSPS) is 22.0. The van der Waals surface area contributed by atoms with Gasteiger partial charge in [0.2, 0.25) is 0 Å². The topological polar surface area (TPSA) is 55.8 Å². The van der Waals surface area contributed by atoms with Crippen molar-refractivity contribution >= 4 is 11.9 Å². The third-order valence-electron chi connectivity index (χ3n) is 3.43. The van der Waals surface area contributed by atoms with Crippen molar-refractivity contribution in [3.05, 3.63) is 35.1 Å². The monoisotopic (exact) mass is 295 g/mol. The zero-order valence-corrected chi connectivity index (χ0v) is 12.3. The van der Waals surface area contributed by atoms with Crippen LogP contribution in [0.3, 0.4) is 0 Å². The Balaban J connectivity index is 2.17. The molecule has 0 N–H and O–H groups in total. The number of rotatable bonds is 2. The lowest BCUT2D eigenvalue weighted by atomic mass is 10.1. The molecule has 2 atom stereocenters. The van der Waals surface area contributed by atoms with E-state index in [-0.39, 0.29) is 24.1 Å². The number of halogens is 1. The lowest BCUT2D eigenvalue weighted by Crippen LogP contribution is -2.52. The Morgan fingerprint density at radius 1 is 1.38 bits per heavy atom. The van der Waals surface area contributed by atoms with Gasteiger partial charge in [-0.05, 0) is 31.5 Å². The molecule has 114 valence electrons. The molecule has 1 aliphatic heterocycles. The van der Waals surface area contributed by atoms with Crippen LogP contribution in [0.1, 0.15) is 22.8 Å². The van der Waals surface area contributed by atoms with Gasteiger partial charge >= 0.3 is 5.97 Å². The molecule has 1 aliphatic rings. The van der Waals surface area contributed by atoms with Crippen LogP contribution in [0.15, 0.2) is 18.2 Å². The second-order valence-electron chi connectivity index (χ2n) is 5.13. The zero-order chi connectivity index (χ0) is 15.6. The van der Waals surface area contributed by atoms with Crippen molar-refractivity contribution in [2.24, 2.45) is 0 Å². The molecule has 2 rings (SSSR count). The highest BCUT2D eigenvalue weighted by Crippen LogP contribution is 2.17. The van der Waals surface area contributed by atoms with E-state index in [0.717, 1.165) is 0 Å². The number of hydrogen-bond donors (Lipinski definition) is 0. The molecule has 1 unspecified atom stereocenters. The molecule has 1 fully saturated rings. The number of amides is 1. The van der Waals surface area contributed by atoms with Crippen LogP contribution in [0.25, 0.3) is 0 Å².